The average Bonchev–Trinajstić information content (AvgIpc) is 2.75. The van der Waals surface area contributed by atoms with Crippen LogP contribution in [0.4, 0.5) is 4.39 Å². The van der Waals surface area contributed by atoms with E-state index in [2.05, 4.69) is 22.0 Å². The highest BCUT2D eigenvalue weighted by Gasteiger charge is 2.38. The van der Waals surface area contributed by atoms with Crippen LogP contribution in [0, 0.1) is 17.1 Å². The van der Waals surface area contributed by atoms with E-state index in [1.54, 1.807) is 30.1 Å². The summed E-state index contributed by atoms with van der Waals surface area (Å²) in [5.74, 6) is 0.204. The van der Waals surface area contributed by atoms with Crippen LogP contribution in [0.15, 0.2) is 69.6 Å². The normalized spacial score (nSPS) is 18.7. The number of carbonyl (C=O) groups excluding carboxylic acids is 1. The molecule has 0 fully saturated rings. The lowest BCUT2D eigenvalue weighted by atomic mass is 9.76. The predicted molar refractivity (Wildman–Crippen MR) is 118 cm³/mol. The number of halogens is 2. The second-order valence-electron chi connectivity index (χ2n) is 7.65. The standard InChI is InChI=1S/C24H21BrFN3O2/c1-29-19-6-3-7-20(30)23(19)22(17(12-27)24(29)28)15-8-9-21(18(25)11-15)31-13-14-4-2-5-16(26)10-14/h2,4-5,8-11,22H,3,6-7,13,28H2,1H3/t22-/m0/s1. The number of rotatable bonds is 4. The van der Waals surface area contributed by atoms with Crippen LogP contribution >= 0.6 is 15.9 Å². The fourth-order valence-corrected chi connectivity index (χ4v) is 4.71. The first-order valence-electron chi connectivity index (χ1n) is 9.97. The maximum absolute atomic E-state index is 13.4. The zero-order valence-electron chi connectivity index (χ0n) is 17.0. The number of hydrogen-bond donors (Lipinski definition) is 1. The third-order valence-electron chi connectivity index (χ3n) is 5.74. The molecule has 2 N–H and O–H groups in total. The fraction of sp³-hybridized carbons (Fsp3) is 0.250. The van der Waals surface area contributed by atoms with Gasteiger partial charge in [0.25, 0.3) is 0 Å². The Morgan fingerprint density at radius 3 is 2.81 bits per heavy atom. The first-order chi connectivity index (χ1) is 14.9. The minimum Gasteiger partial charge on any atom is -0.488 e. The second-order valence-corrected chi connectivity index (χ2v) is 8.50. The van der Waals surface area contributed by atoms with E-state index in [4.69, 9.17) is 10.5 Å². The van der Waals surface area contributed by atoms with Crippen LogP contribution < -0.4 is 10.5 Å². The van der Waals surface area contributed by atoms with Gasteiger partial charge in [0.1, 0.15) is 24.0 Å². The van der Waals surface area contributed by atoms with Gasteiger partial charge >= 0.3 is 0 Å². The van der Waals surface area contributed by atoms with Crippen molar-refractivity contribution < 1.29 is 13.9 Å². The SMILES string of the molecule is CN1C(N)=C(C#N)[C@H](c2ccc(OCc3cccc(F)c3)c(Br)c2)C2=C1CCCC2=O. The molecule has 31 heavy (non-hydrogen) atoms. The van der Waals surface area contributed by atoms with Gasteiger partial charge in [0.2, 0.25) is 0 Å². The summed E-state index contributed by atoms with van der Waals surface area (Å²) in [4.78, 5) is 14.6. The Morgan fingerprint density at radius 1 is 1.29 bits per heavy atom. The van der Waals surface area contributed by atoms with Crippen molar-refractivity contribution in [3.63, 3.8) is 0 Å². The maximum Gasteiger partial charge on any atom is 0.161 e. The predicted octanol–water partition coefficient (Wildman–Crippen LogP) is 4.90. The molecule has 0 radical (unpaired) electrons. The summed E-state index contributed by atoms with van der Waals surface area (Å²) < 4.78 is 19.9. The van der Waals surface area contributed by atoms with Crippen LogP contribution in [0.3, 0.4) is 0 Å². The molecule has 1 aliphatic carbocycles. The van der Waals surface area contributed by atoms with E-state index >= 15 is 0 Å². The number of nitrogens with two attached hydrogens (primary N) is 1. The number of carbonyl (C=O) groups is 1. The molecule has 0 bridgehead atoms. The summed E-state index contributed by atoms with van der Waals surface area (Å²) in [5.41, 5.74) is 9.70. The molecule has 7 heteroatoms. The van der Waals surface area contributed by atoms with E-state index < -0.39 is 5.92 Å². The first-order valence-corrected chi connectivity index (χ1v) is 10.8. The monoisotopic (exact) mass is 481 g/mol. The lowest BCUT2D eigenvalue weighted by Crippen LogP contribution is -2.36. The van der Waals surface area contributed by atoms with Crippen LogP contribution in [0.5, 0.6) is 5.75 Å². The molecule has 1 aliphatic heterocycles. The number of nitriles is 1. The van der Waals surface area contributed by atoms with Crippen LogP contribution in [-0.2, 0) is 11.4 Å². The number of benzene rings is 2. The summed E-state index contributed by atoms with van der Waals surface area (Å²) >= 11 is 3.53. The van der Waals surface area contributed by atoms with Crippen molar-refractivity contribution >= 4 is 21.7 Å². The van der Waals surface area contributed by atoms with Crippen LogP contribution in [0.2, 0.25) is 0 Å². The summed E-state index contributed by atoms with van der Waals surface area (Å²) in [6, 6.07) is 13.9. The molecule has 2 aliphatic rings. The Bertz CT molecular complexity index is 1170. The molecule has 0 aromatic heterocycles. The summed E-state index contributed by atoms with van der Waals surface area (Å²) in [5, 5.41) is 9.83. The van der Waals surface area contributed by atoms with Crippen molar-refractivity contribution in [1.29, 1.82) is 5.26 Å². The van der Waals surface area contributed by atoms with Crippen molar-refractivity contribution in [3.05, 3.63) is 86.5 Å². The summed E-state index contributed by atoms with van der Waals surface area (Å²) in [6.45, 7) is 0.216. The molecule has 0 saturated carbocycles. The van der Waals surface area contributed by atoms with Gasteiger partial charge in [0.15, 0.2) is 5.78 Å². The quantitative estimate of drug-likeness (QED) is 0.671. The van der Waals surface area contributed by atoms with Crippen molar-refractivity contribution in [2.45, 2.75) is 31.8 Å². The zero-order chi connectivity index (χ0) is 22.1. The molecule has 0 spiro atoms. The van der Waals surface area contributed by atoms with E-state index in [-0.39, 0.29) is 18.2 Å². The van der Waals surface area contributed by atoms with Crippen molar-refractivity contribution in [2.75, 3.05) is 7.05 Å². The molecule has 0 amide bonds. The highest BCUT2D eigenvalue weighted by molar-refractivity contribution is 9.10. The molecule has 1 atom stereocenters. The van der Waals surface area contributed by atoms with Gasteiger partial charge in [-0.3, -0.25) is 4.79 Å². The molecular formula is C24H21BrFN3O2. The van der Waals surface area contributed by atoms with E-state index in [0.29, 0.717) is 33.6 Å². The van der Waals surface area contributed by atoms with Crippen molar-refractivity contribution in [1.82, 2.24) is 4.90 Å². The third-order valence-corrected chi connectivity index (χ3v) is 6.36. The Hall–Kier alpha value is -3.11. The second kappa shape index (κ2) is 8.56. The Balaban J connectivity index is 1.68. The topological polar surface area (TPSA) is 79.3 Å². The zero-order valence-corrected chi connectivity index (χ0v) is 18.6. The number of ketones is 1. The molecule has 2 aromatic carbocycles. The average molecular weight is 482 g/mol. The van der Waals surface area contributed by atoms with Crippen LogP contribution in [-0.4, -0.2) is 17.7 Å². The number of nitrogens with zero attached hydrogens (tertiary/aromatic N) is 2. The van der Waals surface area contributed by atoms with Crippen molar-refractivity contribution in [3.8, 4) is 11.8 Å². The fourth-order valence-electron chi connectivity index (χ4n) is 4.20. The molecular weight excluding hydrogens is 461 g/mol. The number of Topliss-reactive ketones (excluding diaryl/α,β-unsaturated/α-hetero) is 1. The minimum absolute atomic E-state index is 0.0564. The lowest BCUT2D eigenvalue weighted by Gasteiger charge is -2.37. The number of hydrogen-bond acceptors (Lipinski definition) is 5. The summed E-state index contributed by atoms with van der Waals surface area (Å²) in [7, 11) is 1.80. The van der Waals surface area contributed by atoms with E-state index in [9.17, 15) is 14.4 Å². The largest absolute Gasteiger partial charge is 0.488 e. The first kappa shape index (κ1) is 21.1. The molecule has 158 valence electrons. The third kappa shape index (κ3) is 3.96. The highest BCUT2D eigenvalue weighted by Crippen LogP contribution is 2.45. The Morgan fingerprint density at radius 2 is 2.10 bits per heavy atom. The minimum atomic E-state index is -0.502. The van der Waals surface area contributed by atoms with Crippen LogP contribution in [0.1, 0.15) is 36.3 Å². The van der Waals surface area contributed by atoms with Gasteiger partial charge in [-0.1, -0.05) is 18.2 Å². The van der Waals surface area contributed by atoms with Gasteiger partial charge in [0, 0.05) is 24.7 Å². The molecule has 0 saturated heterocycles. The van der Waals surface area contributed by atoms with Crippen LogP contribution in [0.25, 0.3) is 0 Å². The molecule has 2 aromatic rings. The van der Waals surface area contributed by atoms with E-state index in [1.165, 1.54) is 12.1 Å². The summed E-state index contributed by atoms with van der Waals surface area (Å²) in [6.07, 6.45) is 2.00. The number of allylic oxidation sites excluding steroid dienone is 3. The van der Waals surface area contributed by atoms with E-state index in [0.717, 1.165) is 29.7 Å². The van der Waals surface area contributed by atoms with Gasteiger partial charge in [-0.15, -0.1) is 0 Å². The molecule has 0 unspecified atom stereocenters. The Labute approximate surface area is 188 Å². The number of ether oxygens (including phenoxy) is 1. The van der Waals surface area contributed by atoms with Gasteiger partial charge in [-0.2, -0.15) is 5.26 Å². The van der Waals surface area contributed by atoms with E-state index in [1.807, 2.05) is 12.1 Å². The van der Waals surface area contributed by atoms with Crippen molar-refractivity contribution in [2.24, 2.45) is 5.73 Å². The van der Waals surface area contributed by atoms with Gasteiger partial charge in [-0.05, 0) is 64.2 Å². The molecule has 5 nitrogen and oxygen atoms in total. The van der Waals surface area contributed by atoms with Gasteiger partial charge in [0.05, 0.1) is 22.0 Å². The lowest BCUT2D eigenvalue weighted by molar-refractivity contribution is -0.116. The molecule has 1 heterocycles. The van der Waals surface area contributed by atoms with Gasteiger partial charge in [-0.25, -0.2) is 4.39 Å². The smallest absolute Gasteiger partial charge is 0.161 e. The Kier molecular flexibility index (Phi) is 5.84. The van der Waals surface area contributed by atoms with Gasteiger partial charge < -0.3 is 15.4 Å². The highest BCUT2D eigenvalue weighted by atomic mass is 79.9. The maximum atomic E-state index is 13.4. The molecule has 4 rings (SSSR count).